The standard InChI is InChI=1S/C13H21N3O/c1-3-5-8-17-12-9-11(14-4-2)15-13(16-12)10-6-7-10/h9-10H,3-8H2,1-2H3,(H,14,15,16). The van der Waals surface area contributed by atoms with Crippen LogP contribution >= 0.6 is 0 Å². The van der Waals surface area contributed by atoms with Gasteiger partial charge in [-0.3, -0.25) is 0 Å². The third kappa shape index (κ3) is 3.58. The first-order chi connectivity index (χ1) is 8.33. The molecule has 17 heavy (non-hydrogen) atoms. The molecule has 1 aromatic heterocycles. The van der Waals surface area contributed by atoms with E-state index in [4.69, 9.17) is 4.74 Å². The van der Waals surface area contributed by atoms with Gasteiger partial charge in [-0.1, -0.05) is 13.3 Å². The van der Waals surface area contributed by atoms with Crippen LogP contribution in [0.1, 0.15) is 51.3 Å². The molecule has 0 saturated heterocycles. The van der Waals surface area contributed by atoms with Crippen molar-refractivity contribution >= 4 is 5.82 Å². The van der Waals surface area contributed by atoms with Gasteiger partial charge >= 0.3 is 0 Å². The van der Waals surface area contributed by atoms with Crippen LogP contribution in [0.25, 0.3) is 0 Å². The Hall–Kier alpha value is -1.32. The van der Waals surface area contributed by atoms with E-state index in [2.05, 4.69) is 29.1 Å². The Morgan fingerprint density at radius 2 is 2.18 bits per heavy atom. The van der Waals surface area contributed by atoms with Gasteiger partial charge in [0.05, 0.1) is 6.61 Å². The quantitative estimate of drug-likeness (QED) is 0.738. The molecule has 0 atom stereocenters. The molecule has 0 radical (unpaired) electrons. The molecule has 1 aliphatic carbocycles. The highest BCUT2D eigenvalue weighted by Gasteiger charge is 2.27. The first-order valence-corrected chi connectivity index (χ1v) is 6.59. The molecule has 1 N–H and O–H groups in total. The third-order valence-electron chi connectivity index (χ3n) is 2.77. The van der Waals surface area contributed by atoms with Crippen LogP contribution in [0.4, 0.5) is 5.82 Å². The Balaban J connectivity index is 2.06. The summed E-state index contributed by atoms with van der Waals surface area (Å²) in [5.74, 6) is 3.10. The second kappa shape index (κ2) is 5.84. The minimum absolute atomic E-state index is 0.558. The molecular weight excluding hydrogens is 214 g/mol. The predicted octanol–water partition coefficient (Wildman–Crippen LogP) is 2.96. The molecule has 1 fully saturated rings. The van der Waals surface area contributed by atoms with Crippen LogP contribution in [0.5, 0.6) is 5.88 Å². The zero-order valence-electron chi connectivity index (χ0n) is 10.7. The van der Waals surface area contributed by atoms with Crippen molar-refractivity contribution in [2.45, 2.75) is 45.4 Å². The number of aromatic nitrogens is 2. The van der Waals surface area contributed by atoms with Crippen LogP contribution in [0.2, 0.25) is 0 Å². The van der Waals surface area contributed by atoms with Crippen LogP contribution in [-0.2, 0) is 0 Å². The average molecular weight is 235 g/mol. The maximum absolute atomic E-state index is 5.66. The predicted molar refractivity (Wildman–Crippen MR) is 68.6 cm³/mol. The molecule has 4 heteroatoms. The van der Waals surface area contributed by atoms with Gasteiger partial charge in [0.25, 0.3) is 0 Å². The maximum Gasteiger partial charge on any atom is 0.218 e. The highest BCUT2D eigenvalue weighted by atomic mass is 16.5. The normalized spacial score (nSPS) is 14.7. The van der Waals surface area contributed by atoms with Crippen LogP contribution in [0.3, 0.4) is 0 Å². The first kappa shape index (κ1) is 12.1. The lowest BCUT2D eigenvalue weighted by molar-refractivity contribution is 0.296. The molecule has 1 aliphatic rings. The topological polar surface area (TPSA) is 47.0 Å². The second-order valence-corrected chi connectivity index (χ2v) is 4.46. The lowest BCUT2D eigenvalue weighted by atomic mass is 10.3. The Morgan fingerprint density at radius 3 is 2.82 bits per heavy atom. The molecule has 1 heterocycles. The van der Waals surface area contributed by atoms with Gasteiger partial charge < -0.3 is 10.1 Å². The van der Waals surface area contributed by atoms with Crippen molar-refractivity contribution in [3.8, 4) is 5.88 Å². The zero-order chi connectivity index (χ0) is 12.1. The first-order valence-electron chi connectivity index (χ1n) is 6.59. The Kier molecular flexibility index (Phi) is 4.18. The van der Waals surface area contributed by atoms with E-state index in [1.807, 2.05) is 6.07 Å². The van der Waals surface area contributed by atoms with E-state index in [0.717, 1.165) is 37.6 Å². The van der Waals surface area contributed by atoms with Gasteiger partial charge in [-0.25, -0.2) is 4.98 Å². The summed E-state index contributed by atoms with van der Waals surface area (Å²) in [5.41, 5.74) is 0. The Bertz CT molecular complexity index is 364. The fourth-order valence-corrected chi connectivity index (χ4v) is 1.63. The summed E-state index contributed by atoms with van der Waals surface area (Å²) in [6.07, 6.45) is 4.63. The third-order valence-corrected chi connectivity index (χ3v) is 2.77. The molecule has 1 saturated carbocycles. The van der Waals surface area contributed by atoms with E-state index < -0.39 is 0 Å². The number of hydrogen-bond acceptors (Lipinski definition) is 4. The van der Waals surface area contributed by atoms with E-state index in [1.165, 1.54) is 12.8 Å². The van der Waals surface area contributed by atoms with E-state index in [0.29, 0.717) is 11.8 Å². The molecule has 0 unspecified atom stereocenters. The van der Waals surface area contributed by atoms with Gasteiger partial charge in [0.15, 0.2) is 0 Å². The van der Waals surface area contributed by atoms with Crippen molar-refractivity contribution in [1.82, 2.24) is 9.97 Å². The van der Waals surface area contributed by atoms with Crippen molar-refractivity contribution in [2.75, 3.05) is 18.5 Å². The number of ether oxygens (including phenoxy) is 1. The van der Waals surface area contributed by atoms with E-state index in [9.17, 15) is 0 Å². The molecule has 0 aliphatic heterocycles. The van der Waals surface area contributed by atoms with Crippen molar-refractivity contribution in [2.24, 2.45) is 0 Å². The molecule has 4 nitrogen and oxygen atoms in total. The molecule has 0 amide bonds. The van der Waals surface area contributed by atoms with Crippen LogP contribution < -0.4 is 10.1 Å². The highest BCUT2D eigenvalue weighted by molar-refractivity contribution is 5.39. The number of rotatable bonds is 7. The summed E-state index contributed by atoms with van der Waals surface area (Å²) in [6.45, 7) is 5.83. The largest absolute Gasteiger partial charge is 0.478 e. The van der Waals surface area contributed by atoms with Crippen LogP contribution in [0.15, 0.2) is 6.07 Å². The molecule has 0 bridgehead atoms. The Labute approximate surface area is 103 Å². The van der Waals surface area contributed by atoms with E-state index in [1.54, 1.807) is 0 Å². The van der Waals surface area contributed by atoms with Crippen molar-refractivity contribution in [1.29, 1.82) is 0 Å². The monoisotopic (exact) mass is 235 g/mol. The number of anilines is 1. The smallest absolute Gasteiger partial charge is 0.218 e. The SMILES string of the molecule is CCCCOc1cc(NCC)nc(C2CC2)n1. The zero-order valence-corrected chi connectivity index (χ0v) is 10.7. The highest BCUT2D eigenvalue weighted by Crippen LogP contribution is 2.39. The maximum atomic E-state index is 5.66. The lowest BCUT2D eigenvalue weighted by Gasteiger charge is -2.09. The van der Waals surface area contributed by atoms with Crippen molar-refractivity contribution in [3.05, 3.63) is 11.9 Å². The van der Waals surface area contributed by atoms with Gasteiger partial charge in [0, 0.05) is 18.5 Å². The minimum atomic E-state index is 0.558. The van der Waals surface area contributed by atoms with Crippen molar-refractivity contribution < 1.29 is 4.74 Å². The van der Waals surface area contributed by atoms with E-state index >= 15 is 0 Å². The van der Waals surface area contributed by atoms with Crippen LogP contribution in [0, 0.1) is 0 Å². The summed E-state index contributed by atoms with van der Waals surface area (Å²) >= 11 is 0. The van der Waals surface area contributed by atoms with Gasteiger partial charge in [-0.2, -0.15) is 4.98 Å². The fourth-order valence-electron chi connectivity index (χ4n) is 1.63. The fraction of sp³-hybridized carbons (Fsp3) is 0.692. The minimum Gasteiger partial charge on any atom is -0.478 e. The number of hydrogen-bond donors (Lipinski definition) is 1. The van der Waals surface area contributed by atoms with Gasteiger partial charge in [-0.05, 0) is 26.2 Å². The number of nitrogens with zero attached hydrogens (tertiary/aromatic N) is 2. The summed E-state index contributed by atoms with van der Waals surface area (Å²) in [6, 6.07) is 1.89. The summed E-state index contributed by atoms with van der Waals surface area (Å²) < 4.78 is 5.66. The molecule has 94 valence electrons. The second-order valence-electron chi connectivity index (χ2n) is 4.46. The lowest BCUT2D eigenvalue weighted by Crippen LogP contribution is -2.06. The van der Waals surface area contributed by atoms with Crippen LogP contribution in [-0.4, -0.2) is 23.1 Å². The Morgan fingerprint density at radius 1 is 1.35 bits per heavy atom. The summed E-state index contributed by atoms with van der Waals surface area (Å²) in [5, 5.41) is 3.23. The molecule has 0 aromatic carbocycles. The van der Waals surface area contributed by atoms with Gasteiger partial charge in [0.2, 0.25) is 5.88 Å². The van der Waals surface area contributed by atoms with Gasteiger partial charge in [-0.15, -0.1) is 0 Å². The van der Waals surface area contributed by atoms with E-state index in [-0.39, 0.29) is 0 Å². The molecule has 1 aromatic rings. The van der Waals surface area contributed by atoms with Gasteiger partial charge in [0.1, 0.15) is 11.6 Å². The van der Waals surface area contributed by atoms with Crippen molar-refractivity contribution in [3.63, 3.8) is 0 Å². The molecular formula is C13H21N3O. The summed E-state index contributed by atoms with van der Waals surface area (Å²) in [7, 11) is 0. The molecule has 2 rings (SSSR count). The average Bonchev–Trinajstić information content (AvgIpc) is 3.13. The number of unbranched alkanes of at least 4 members (excludes halogenated alkanes) is 1. The molecule has 0 spiro atoms. The summed E-state index contributed by atoms with van der Waals surface area (Å²) in [4.78, 5) is 8.99. The number of nitrogens with one attached hydrogen (secondary N) is 1.